The first-order valence-electron chi connectivity index (χ1n) is 5.86. The first-order chi connectivity index (χ1) is 7.63. The van der Waals surface area contributed by atoms with E-state index in [2.05, 4.69) is 12.2 Å². The highest BCUT2D eigenvalue weighted by molar-refractivity contribution is 6.35. The van der Waals surface area contributed by atoms with Gasteiger partial charge < -0.3 is 5.32 Å². The van der Waals surface area contributed by atoms with Gasteiger partial charge in [0, 0.05) is 21.8 Å². The van der Waals surface area contributed by atoms with Crippen LogP contribution in [0.1, 0.15) is 32.6 Å². The molecule has 0 saturated heterocycles. The van der Waals surface area contributed by atoms with Crippen LogP contribution >= 0.6 is 23.2 Å². The first-order valence-corrected chi connectivity index (χ1v) is 6.61. The Morgan fingerprint density at radius 1 is 1.00 bits per heavy atom. The van der Waals surface area contributed by atoms with E-state index in [-0.39, 0.29) is 0 Å². The molecule has 0 radical (unpaired) electrons. The van der Waals surface area contributed by atoms with Crippen LogP contribution in [0, 0.1) is 5.92 Å². The van der Waals surface area contributed by atoms with Crippen LogP contribution in [0.4, 0.5) is 5.69 Å². The second-order valence-electron chi connectivity index (χ2n) is 4.76. The predicted molar refractivity (Wildman–Crippen MR) is 71.5 cm³/mol. The highest BCUT2D eigenvalue weighted by Crippen LogP contribution is 2.28. The van der Waals surface area contributed by atoms with E-state index in [0.717, 1.165) is 11.6 Å². The Balaban J connectivity index is 1.98. The van der Waals surface area contributed by atoms with E-state index in [0.29, 0.717) is 16.1 Å². The summed E-state index contributed by atoms with van der Waals surface area (Å²) in [5.74, 6) is 0.876. The van der Waals surface area contributed by atoms with Crippen molar-refractivity contribution in [3.8, 4) is 0 Å². The fourth-order valence-electron chi connectivity index (χ4n) is 2.28. The fourth-order valence-corrected chi connectivity index (χ4v) is 2.80. The Labute approximate surface area is 107 Å². The second kappa shape index (κ2) is 5.29. The molecule has 0 bridgehead atoms. The minimum absolute atomic E-state index is 0.575. The largest absolute Gasteiger partial charge is 0.382 e. The third kappa shape index (κ3) is 3.29. The van der Waals surface area contributed by atoms with Crippen LogP contribution in [0.5, 0.6) is 0 Å². The summed E-state index contributed by atoms with van der Waals surface area (Å²) in [7, 11) is 0. The maximum absolute atomic E-state index is 5.97. The Kier molecular flexibility index (Phi) is 3.99. The van der Waals surface area contributed by atoms with E-state index in [1.165, 1.54) is 25.7 Å². The van der Waals surface area contributed by atoms with Gasteiger partial charge in [0.05, 0.1) is 0 Å². The van der Waals surface area contributed by atoms with Gasteiger partial charge in [0.2, 0.25) is 0 Å². The number of hydrogen-bond donors (Lipinski definition) is 1. The molecule has 1 aromatic carbocycles. The average Bonchev–Trinajstić information content (AvgIpc) is 2.20. The molecular weight excluding hydrogens is 241 g/mol. The molecule has 1 saturated carbocycles. The first kappa shape index (κ1) is 12.1. The van der Waals surface area contributed by atoms with Gasteiger partial charge in [-0.1, -0.05) is 30.1 Å². The number of anilines is 1. The normalized spacial score (nSPS) is 25.4. The van der Waals surface area contributed by atoms with Gasteiger partial charge in [-0.05, 0) is 49.8 Å². The van der Waals surface area contributed by atoms with Crippen molar-refractivity contribution < 1.29 is 0 Å². The maximum Gasteiger partial charge on any atom is 0.0441 e. The van der Waals surface area contributed by atoms with Crippen LogP contribution in [-0.4, -0.2) is 6.04 Å². The molecule has 0 spiro atoms. The van der Waals surface area contributed by atoms with Gasteiger partial charge in [-0.15, -0.1) is 0 Å². The SMILES string of the molecule is CC1CCC(Nc2cc(Cl)cc(Cl)c2)CC1. The van der Waals surface area contributed by atoms with Crippen LogP contribution in [0.2, 0.25) is 10.0 Å². The van der Waals surface area contributed by atoms with E-state index in [1.54, 1.807) is 6.07 Å². The molecule has 0 aliphatic heterocycles. The molecule has 3 heteroatoms. The molecule has 1 nitrogen and oxygen atoms in total. The average molecular weight is 258 g/mol. The van der Waals surface area contributed by atoms with E-state index in [9.17, 15) is 0 Å². The number of benzene rings is 1. The Bertz CT molecular complexity index is 337. The second-order valence-corrected chi connectivity index (χ2v) is 5.63. The quantitative estimate of drug-likeness (QED) is 0.788. The molecule has 16 heavy (non-hydrogen) atoms. The van der Waals surface area contributed by atoms with Crippen LogP contribution in [0.15, 0.2) is 18.2 Å². The lowest BCUT2D eigenvalue weighted by Crippen LogP contribution is -2.25. The summed E-state index contributed by atoms with van der Waals surface area (Å²) in [5.41, 5.74) is 1.04. The smallest absolute Gasteiger partial charge is 0.0441 e. The summed E-state index contributed by atoms with van der Waals surface area (Å²) < 4.78 is 0. The molecule has 0 aromatic heterocycles. The van der Waals surface area contributed by atoms with Crippen molar-refractivity contribution >= 4 is 28.9 Å². The highest BCUT2D eigenvalue weighted by atomic mass is 35.5. The standard InChI is InChI=1S/C13H17Cl2N/c1-9-2-4-12(5-3-9)16-13-7-10(14)6-11(15)8-13/h6-9,12,16H,2-5H2,1H3. The molecule has 1 fully saturated rings. The van der Waals surface area contributed by atoms with Gasteiger partial charge in [0.15, 0.2) is 0 Å². The zero-order valence-corrected chi connectivity index (χ0v) is 11.0. The van der Waals surface area contributed by atoms with Crippen molar-refractivity contribution in [1.29, 1.82) is 0 Å². The van der Waals surface area contributed by atoms with Gasteiger partial charge in [-0.2, -0.15) is 0 Å². The third-order valence-electron chi connectivity index (χ3n) is 3.25. The molecule has 0 unspecified atom stereocenters. The van der Waals surface area contributed by atoms with Crippen molar-refractivity contribution in [2.24, 2.45) is 5.92 Å². The van der Waals surface area contributed by atoms with Crippen LogP contribution in [0.3, 0.4) is 0 Å². The van der Waals surface area contributed by atoms with Crippen LogP contribution in [-0.2, 0) is 0 Å². The molecule has 0 heterocycles. The predicted octanol–water partition coefficient (Wildman–Crippen LogP) is 4.98. The lowest BCUT2D eigenvalue weighted by molar-refractivity contribution is 0.361. The van der Waals surface area contributed by atoms with E-state index in [1.807, 2.05) is 12.1 Å². The topological polar surface area (TPSA) is 12.0 Å². The molecule has 1 N–H and O–H groups in total. The van der Waals surface area contributed by atoms with Crippen LogP contribution in [0.25, 0.3) is 0 Å². The molecule has 0 atom stereocenters. The number of hydrogen-bond acceptors (Lipinski definition) is 1. The summed E-state index contributed by atoms with van der Waals surface area (Å²) in [6.45, 7) is 2.33. The summed E-state index contributed by atoms with van der Waals surface area (Å²) in [5, 5.41) is 4.90. The number of halogens is 2. The zero-order valence-electron chi connectivity index (χ0n) is 9.47. The van der Waals surface area contributed by atoms with E-state index < -0.39 is 0 Å². The Hall–Kier alpha value is -0.400. The highest BCUT2D eigenvalue weighted by Gasteiger charge is 2.17. The minimum Gasteiger partial charge on any atom is -0.382 e. The lowest BCUT2D eigenvalue weighted by atomic mass is 9.87. The number of nitrogens with one attached hydrogen (secondary N) is 1. The monoisotopic (exact) mass is 257 g/mol. The number of rotatable bonds is 2. The van der Waals surface area contributed by atoms with Crippen molar-refractivity contribution in [1.82, 2.24) is 0 Å². The molecule has 0 amide bonds. The van der Waals surface area contributed by atoms with Gasteiger partial charge in [-0.25, -0.2) is 0 Å². The molecule has 1 aliphatic rings. The summed E-state index contributed by atoms with van der Waals surface area (Å²) in [6, 6.07) is 6.21. The maximum atomic E-state index is 5.97. The molecular formula is C13H17Cl2N. The minimum atomic E-state index is 0.575. The molecule has 1 aliphatic carbocycles. The Morgan fingerprint density at radius 3 is 2.12 bits per heavy atom. The van der Waals surface area contributed by atoms with Gasteiger partial charge >= 0.3 is 0 Å². The van der Waals surface area contributed by atoms with Gasteiger partial charge in [0.25, 0.3) is 0 Å². The van der Waals surface area contributed by atoms with Crippen molar-refractivity contribution in [3.63, 3.8) is 0 Å². The van der Waals surface area contributed by atoms with Crippen molar-refractivity contribution in [3.05, 3.63) is 28.2 Å². The lowest BCUT2D eigenvalue weighted by Gasteiger charge is -2.27. The van der Waals surface area contributed by atoms with E-state index >= 15 is 0 Å². The van der Waals surface area contributed by atoms with Crippen LogP contribution < -0.4 is 5.32 Å². The summed E-state index contributed by atoms with van der Waals surface area (Å²) in [6.07, 6.45) is 5.11. The van der Waals surface area contributed by atoms with Crippen molar-refractivity contribution in [2.45, 2.75) is 38.6 Å². The third-order valence-corrected chi connectivity index (χ3v) is 3.69. The Morgan fingerprint density at radius 2 is 1.56 bits per heavy atom. The fraction of sp³-hybridized carbons (Fsp3) is 0.538. The van der Waals surface area contributed by atoms with E-state index in [4.69, 9.17) is 23.2 Å². The summed E-state index contributed by atoms with van der Waals surface area (Å²) in [4.78, 5) is 0. The molecule has 1 aromatic rings. The van der Waals surface area contributed by atoms with Gasteiger partial charge in [-0.3, -0.25) is 0 Å². The molecule has 88 valence electrons. The summed E-state index contributed by atoms with van der Waals surface area (Å²) >= 11 is 11.9. The zero-order chi connectivity index (χ0) is 11.5. The van der Waals surface area contributed by atoms with Crippen molar-refractivity contribution in [2.75, 3.05) is 5.32 Å². The molecule has 2 rings (SSSR count). The van der Waals surface area contributed by atoms with Gasteiger partial charge in [0.1, 0.15) is 0 Å².